The second-order valence-corrected chi connectivity index (χ2v) is 4.01. The maximum atomic E-state index is 7.13. The number of pyridine rings is 2. The molecule has 0 bridgehead atoms. The zero-order valence-corrected chi connectivity index (χ0v) is 17.5. The summed E-state index contributed by atoms with van der Waals surface area (Å²) in [5.41, 5.74) is 14.6. The largest absolute Gasteiger partial charge is 2.00 e. The van der Waals surface area contributed by atoms with Crippen molar-refractivity contribution >= 4 is 46.1 Å². The third-order valence-corrected chi connectivity index (χ3v) is 2.13. The van der Waals surface area contributed by atoms with Crippen LogP contribution in [0.25, 0.3) is 10.8 Å². The summed E-state index contributed by atoms with van der Waals surface area (Å²) in [5.74, 6) is 0. The number of aromatic nitrogens is 2. The molecule has 2 heterocycles. The molecule has 0 amide bonds. The van der Waals surface area contributed by atoms with Crippen LogP contribution in [0.4, 0.5) is 11.4 Å². The van der Waals surface area contributed by atoms with Crippen molar-refractivity contribution < 1.29 is 19.5 Å². The molecule has 2 aromatic rings. The first-order valence-corrected chi connectivity index (χ1v) is 6.60. The van der Waals surface area contributed by atoms with Gasteiger partial charge in [0, 0.05) is 36.2 Å². The molecule has 0 atom stereocenters. The molecule has 0 aliphatic heterocycles. The molecule has 2 rings (SSSR count). The molecule has 0 saturated heterocycles. The van der Waals surface area contributed by atoms with Gasteiger partial charge in [0.25, 0.3) is 0 Å². The molecule has 2 aromatic heterocycles. The predicted octanol–water partition coefficient (Wildman–Crippen LogP) is 3.26. The van der Waals surface area contributed by atoms with Gasteiger partial charge in [-0.3, -0.25) is 9.97 Å². The summed E-state index contributed by atoms with van der Waals surface area (Å²) in [7, 11) is 0. The number of anilines is 2. The average molecular weight is 398 g/mol. The van der Waals surface area contributed by atoms with Crippen molar-refractivity contribution in [2.45, 2.75) is 13.8 Å². The smallest absolute Gasteiger partial charge is 0.753 e. The third kappa shape index (κ3) is 16.3. The van der Waals surface area contributed by atoms with Crippen LogP contribution in [0.2, 0.25) is 0 Å². The Kier molecular flexibility index (Phi) is 20.6. The SMILES string of the molecule is Cc1cnccc1N.Cc1cnccc1N.[N-]=C=S.[N-]=C=S.[Zn+2]. The van der Waals surface area contributed by atoms with Crippen molar-refractivity contribution in [3.05, 3.63) is 58.9 Å². The van der Waals surface area contributed by atoms with E-state index in [1.165, 1.54) is 10.3 Å². The molecule has 9 heteroatoms. The number of thiocarbonyl (C=S) groups is 2. The van der Waals surface area contributed by atoms with Gasteiger partial charge in [-0.05, 0) is 37.1 Å². The summed E-state index contributed by atoms with van der Waals surface area (Å²) in [6, 6.07) is 3.57. The van der Waals surface area contributed by atoms with E-state index in [1.54, 1.807) is 36.9 Å². The molecule has 0 saturated carbocycles. The average Bonchev–Trinajstić information content (AvgIpc) is 2.48. The van der Waals surface area contributed by atoms with Crippen molar-refractivity contribution in [3.63, 3.8) is 0 Å². The van der Waals surface area contributed by atoms with Crippen LogP contribution in [0, 0.1) is 13.8 Å². The number of rotatable bonds is 0. The fourth-order valence-corrected chi connectivity index (χ4v) is 0.968. The Morgan fingerprint density at radius 2 is 1.13 bits per heavy atom. The fourth-order valence-electron chi connectivity index (χ4n) is 0.968. The number of aryl methyl sites for hydroxylation is 2. The monoisotopic (exact) mass is 396 g/mol. The first kappa shape index (κ1) is 26.0. The quantitative estimate of drug-likeness (QED) is 0.399. The van der Waals surface area contributed by atoms with Crippen LogP contribution in [-0.2, 0) is 19.5 Å². The second-order valence-electron chi connectivity index (χ2n) is 3.65. The van der Waals surface area contributed by atoms with Gasteiger partial charge in [0.2, 0.25) is 0 Å². The van der Waals surface area contributed by atoms with Crippen LogP contribution in [0.1, 0.15) is 11.1 Å². The maximum absolute atomic E-state index is 7.13. The van der Waals surface area contributed by atoms with Gasteiger partial charge in [0.15, 0.2) is 0 Å². The second kappa shape index (κ2) is 18.2. The number of nitrogen functional groups attached to an aromatic ring is 2. The van der Waals surface area contributed by atoms with Gasteiger partial charge >= 0.3 is 19.5 Å². The van der Waals surface area contributed by atoms with Crippen molar-refractivity contribution in [2.75, 3.05) is 11.5 Å². The molecule has 0 unspecified atom stereocenters. The van der Waals surface area contributed by atoms with E-state index in [2.05, 4.69) is 34.4 Å². The normalized spacial score (nSPS) is 7.04. The Labute approximate surface area is 159 Å². The van der Waals surface area contributed by atoms with Gasteiger partial charge in [-0.2, -0.15) is 10.3 Å². The predicted molar refractivity (Wildman–Crippen MR) is 98.7 cm³/mol. The van der Waals surface area contributed by atoms with E-state index in [-0.39, 0.29) is 19.5 Å². The molecule has 4 N–H and O–H groups in total. The number of nitrogens with two attached hydrogens (primary N) is 2. The minimum Gasteiger partial charge on any atom is -0.753 e. The van der Waals surface area contributed by atoms with Crippen LogP contribution in [-0.4, -0.2) is 20.3 Å². The molecule has 116 valence electrons. The molecular weight excluding hydrogens is 382 g/mol. The first-order valence-electron chi connectivity index (χ1n) is 5.79. The molecule has 0 aliphatic carbocycles. The van der Waals surface area contributed by atoms with E-state index in [0.29, 0.717) is 0 Å². The summed E-state index contributed by atoms with van der Waals surface area (Å²) in [5, 5.41) is 16.9. The summed E-state index contributed by atoms with van der Waals surface area (Å²) in [6.07, 6.45) is 6.86. The molecular formula is C14H16N6S2Zn. The van der Waals surface area contributed by atoms with Gasteiger partial charge in [0.05, 0.1) is 0 Å². The zero-order valence-electron chi connectivity index (χ0n) is 12.9. The number of hydrogen-bond acceptors (Lipinski definition) is 6. The Bertz CT molecular complexity index is 527. The molecule has 23 heavy (non-hydrogen) atoms. The molecule has 6 nitrogen and oxygen atoms in total. The van der Waals surface area contributed by atoms with Crippen LogP contribution >= 0.6 is 24.4 Å². The Morgan fingerprint density at radius 1 is 0.870 bits per heavy atom. The topological polar surface area (TPSA) is 122 Å². The van der Waals surface area contributed by atoms with Crippen molar-refractivity contribution in [1.29, 1.82) is 0 Å². The fraction of sp³-hybridized carbons (Fsp3) is 0.143. The van der Waals surface area contributed by atoms with Gasteiger partial charge in [-0.25, -0.2) is 0 Å². The minimum atomic E-state index is 0. The molecule has 0 aromatic carbocycles. The maximum Gasteiger partial charge on any atom is 2.00 e. The van der Waals surface area contributed by atoms with Gasteiger partial charge in [0.1, 0.15) is 0 Å². The standard InChI is InChI=1S/2C6H8N2.2CNS.Zn/c2*1-5-4-8-3-2-6(5)7;2*2-1-3;/h2*2-4H,1H3,(H2,7,8);;;/q;;2*-1;+2. The summed E-state index contributed by atoms with van der Waals surface area (Å²) >= 11 is 7.40. The van der Waals surface area contributed by atoms with E-state index in [9.17, 15) is 0 Å². The van der Waals surface area contributed by atoms with E-state index in [1.807, 2.05) is 13.8 Å². The zero-order chi connectivity index (χ0) is 17.4. The summed E-state index contributed by atoms with van der Waals surface area (Å²) in [6.45, 7) is 3.87. The summed E-state index contributed by atoms with van der Waals surface area (Å²) in [4.78, 5) is 7.73. The number of hydrogen-bond donors (Lipinski definition) is 2. The van der Waals surface area contributed by atoms with Gasteiger partial charge in [-0.15, -0.1) is 0 Å². The van der Waals surface area contributed by atoms with Crippen LogP contribution < -0.4 is 11.5 Å². The van der Waals surface area contributed by atoms with Crippen molar-refractivity contribution in [3.8, 4) is 0 Å². The van der Waals surface area contributed by atoms with Crippen LogP contribution in [0.3, 0.4) is 0 Å². The van der Waals surface area contributed by atoms with Crippen LogP contribution in [0.15, 0.2) is 36.9 Å². The molecule has 0 fully saturated rings. The first-order chi connectivity index (χ1) is 10.4. The number of nitrogens with zero attached hydrogens (tertiary/aromatic N) is 4. The summed E-state index contributed by atoms with van der Waals surface area (Å²) < 4.78 is 0. The van der Waals surface area contributed by atoms with Crippen molar-refractivity contribution in [2.24, 2.45) is 0 Å². The molecule has 0 spiro atoms. The number of isothiocyanates is 2. The van der Waals surface area contributed by atoms with Crippen LogP contribution in [0.5, 0.6) is 0 Å². The van der Waals surface area contributed by atoms with Gasteiger partial charge in [-0.1, -0.05) is 24.4 Å². The Balaban J connectivity index is -0.000000253. The third-order valence-electron chi connectivity index (χ3n) is 2.13. The van der Waals surface area contributed by atoms with E-state index in [0.717, 1.165) is 22.5 Å². The van der Waals surface area contributed by atoms with Crippen molar-refractivity contribution in [1.82, 2.24) is 9.97 Å². The van der Waals surface area contributed by atoms with E-state index >= 15 is 0 Å². The van der Waals surface area contributed by atoms with E-state index in [4.69, 9.17) is 22.3 Å². The Morgan fingerprint density at radius 3 is 1.26 bits per heavy atom. The van der Waals surface area contributed by atoms with Gasteiger partial charge < -0.3 is 22.3 Å². The van der Waals surface area contributed by atoms with E-state index < -0.39 is 0 Å². The molecule has 0 radical (unpaired) electrons. The minimum absolute atomic E-state index is 0. The molecule has 0 aliphatic rings. The Hall–Kier alpha value is -1.88.